The number of hydrogen-bond acceptors (Lipinski definition) is 3. The number of hydrogen-bond donors (Lipinski definition) is 0. The van der Waals surface area contributed by atoms with Crippen LogP contribution in [-0.2, 0) is 14.0 Å². The van der Waals surface area contributed by atoms with Crippen LogP contribution < -0.4 is 0 Å². The van der Waals surface area contributed by atoms with Gasteiger partial charge in [-0.25, -0.2) is 4.79 Å². The quantitative estimate of drug-likeness (QED) is 0.437. The van der Waals surface area contributed by atoms with Crippen LogP contribution in [0.3, 0.4) is 0 Å². The third kappa shape index (κ3) is 5.06. The lowest BCUT2D eigenvalue weighted by atomic mass is 9.92. The molecule has 0 heterocycles. The smallest absolute Gasteiger partial charge is 0.330 e. The molecular weight excluding hydrogens is 268 g/mol. The Morgan fingerprint density at radius 3 is 2.60 bits per heavy atom. The van der Waals surface area contributed by atoms with E-state index >= 15 is 0 Å². The van der Waals surface area contributed by atoms with Gasteiger partial charge in [0.1, 0.15) is 0 Å². The highest BCUT2D eigenvalue weighted by Crippen LogP contribution is 2.39. The molecule has 0 radical (unpaired) electrons. The van der Waals surface area contributed by atoms with Gasteiger partial charge in [-0.1, -0.05) is 26.3 Å². The van der Waals surface area contributed by atoms with E-state index in [4.69, 9.17) is 9.16 Å². The molecule has 20 heavy (non-hydrogen) atoms. The normalized spacial score (nSPS) is 22.9. The molecule has 4 heteroatoms. The molecule has 1 unspecified atom stereocenters. The molecule has 0 bridgehead atoms. The zero-order valence-electron chi connectivity index (χ0n) is 13.9. The molecule has 0 saturated heterocycles. The van der Waals surface area contributed by atoms with Crippen molar-refractivity contribution in [2.45, 2.75) is 77.6 Å². The van der Waals surface area contributed by atoms with Crippen LogP contribution in [0.5, 0.6) is 0 Å². The monoisotopic (exact) mass is 298 g/mol. The molecule has 0 aromatic carbocycles. The Hall–Kier alpha value is -0.613. The Morgan fingerprint density at radius 1 is 1.40 bits per heavy atom. The summed E-state index contributed by atoms with van der Waals surface area (Å²) in [4.78, 5) is 11.5. The van der Waals surface area contributed by atoms with Gasteiger partial charge in [0.15, 0.2) is 8.32 Å². The minimum absolute atomic E-state index is 0.213. The van der Waals surface area contributed by atoms with Gasteiger partial charge in [-0.15, -0.1) is 0 Å². The molecule has 0 aromatic rings. The van der Waals surface area contributed by atoms with Crippen LogP contribution in [0, 0.1) is 0 Å². The minimum Gasteiger partial charge on any atom is -0.463 e. The second kappa shape index (κ2) is 6.90. The van der Waals surface area contributed by atoms with E-state index in [2.05, 4.69) is 33.9 Å². The van der Waals surface area contributed by atoms with Crippen LogP contribution in [0.1, 0.15) is 53.4 Å². The molecule has 1 atom stereocenters. The zero-order valence-corrected chi connectivity index (χ0v) is 14.9. The summed E-state index contributed by atoms with van der Waals surface area (Å²) in [5.41, 5.74) is 1.18. The van der Waals surface area contributed by atoms with Gasteiger partial charge < -0.3 is 9.16 Å². The maximum Gasteiger partial charge on any atom is 0.330 e. The summed E-state index contributed by atoms with van der Waals surface area (Å²) < 4.78 is 11.4. The molecule has 0 N–H and O–H groups in total. The van der Waals surface area contributed by atoms with Crippen molar-refractivity contribution in [3.8, 4) is 0 Å². The van der Waals surface area contributed by atoms with Crippen molar-refractivity contribution in [2.75, 3.05) is 6.61 Å². The molecule has 1 aliphatic carbocycles. The van der Waals surface area contributed by atoms with Crippen LogP contribution in [0.4, 0.5) is 0 Å². The highest BCUT2D eigenvalue weighted by Gasteiger charge is 2.39. The van der Waals surface area contributed by atoms with Crippen LogP contribution in [0.2, 0.25) is 18.1 Å². The predicted molar refractivity (Wildman–Crippen MR) is 85.3 cm³/mol. The number of carbonyl (C=O) groups is 1. The summed E-state index contributed by atoms with van der Waals surface area (Å²) in [5, 5.41) is 0.232. The maximum absolute atomic E-state index is 11.5. The lowest BCUT2D eigenvalue weighted by molar-refractivity contribution is -0.137. The van der Waals surface area contributed by atoms with Gasteiger partial charge in [-0.05, 0) is 50.7 Å². The highest BCUT2D eigenvalue weighted by molar-refractivity contribution is 6.74. The van der Waals surface area contributed by atoms with E-state index in [1.54, 1.807) is 6.08 Å². The summed E-state index contributed by atoms with van der Waals surface area (Å²) in [7, 11) is -1.72. The van der Waals surface area contributed by atoms with Crippen LogP contribution in [0.15, 0.2) is 11.6 Å². The van der Waals surface area contributed by atoms with Gasteiger partial charge in [-0.2, -0.15) is 0 Å². The van der Waals surface area contributed by atoms with Gasteiger partial charge in [0.05, 0.1) is 6.61 Å². The molecule has 1 rings (SSSR count). The lowest BCUT2D eigenvalue weighted by Crippen LogP contribution is -2.44. The number of ether oxygens (including phenoxy) is 1. The van der Waals surface area contributed by atoms with E-state index in [9.17, 15) is 4.79 Å². The summed E-state index contributed by atoms with van der Waals surface area (Å²) in [6.45, 7) is 13.6. The largest absolute Gasteiger partial charge is 0.463 e. The number of carbonyl (C=O) groups excluding carboxylic acids is 1. The third-order valence-electron chi connectivity index (χ3n) is 4.39. The molecule has 0 amide bonds. The topological polar surface area (TPSA) is 35.5 Å². The molecule has 0 aliphatic heterocycles. The van der Waals surface area contributed by atoms with Crippen molar-refractivity contribution in [2.24, 2.45) is 0 Å². The summed E-state index contributed by atoms with van der Waals surface area (Å²) in [6.07, 6.45) is 6.02. The van der Waals surface area contributed by atoms with E-state index < -0.39 is 8.32 Å². The van der Waals surface area contributed by atoms with Crippen LogP contribution in [-0.4, -0.2) is 27.0 Å². The fraction of sp³-hybridized carbons (Fsp3) is 0.812. The number of rotatable bonds is 4. The van der Waals surface area contributed by atoms with Crippen molar-refractivity contribution in [1.82, 2.24) is 0 Å². The summed E-state index contributed by atoms with van der Waals surface area (Å²) in [5.74, 6) is -0.213. The fourth-order valence-electron chi connectivity index (χ4n) is 2.23. The maximum atomic E-state index is 11.5. The SMILES string of the molecule is CCOC(=O)C=C1CCCC(O[Si](C)(C)C(C)(C)C)C1. The summed E-state index contributed by atoms with van der Waals surface area (Å²) in [6, 6.07) is 0. The first-order valence-electron chi connectivity index (χ1n) is 7.69. The van der Waals surface area contributed by atoms with Gasteiger partial charge >= 0.3 is 5.97 Å². The fourth-order valence-corrected chi connectivity index (χ4v) is 3.62. The van der Waals surface area contributed by atoms with Crippen molar-refractivity contribution in [1.29, 1.82) is 0 Å². The second-order valence-corrected chi connectivity index (χ2v) is 11.9. The Kier molecular flexibility index (Phi) is 6.01. The third-order valence-corrected chi connectivity index (χ3v) is 8.92. The van der Waals surface area contributed by atoms with E-state index in [0.717, 1.165) is 25.7 Å². The van der Waals surface area contributed by atoms with Crippen molar-refractivity contribution in [3.05, 3.63) is 11.6 Å². The molecule has 1 aliphatic rings. The first-order chi connectivity index (χ1) is 9.15. The van der Waals surface area contributed by atoms with Gasteiger partial charge in [0.2, 0.25) is 0 Å². The first-order valence-corrected chi connectivity index (χ1v) is 10.6. The second-order valence-electron chi connectivity index (χ2n) is 7.15. The van der Waals surface area contributed by atoms with Gasteiger partial charge in [0, 0.05) is 12.2 Å². The molecule has 116 valence electrons. The molecule has 3 nitrogen and oxygen atoms in total. The van der Waals surface area contributed by atoms with Crippen LogP contribution >= 0.6 is 0 Å². The standard InChI is InChI=1S/C16H30O3Si/c1-7-18-15(17)12-13-9-8-10-14(11-13)19-20(5,6)16(2,3)4/h12,14H,7-11H2,1-6H3. The Morgan fingerprint density at radius 2 is 2.05 bits per heavy atom. The first kappa shape index (κ1) is 17.4. The highest BCUT2D eigenvalue weighted by atomic mass is 28.4. The van der Waals surface area contributed by atoms with Crippen molar-refractivity contribution in [3.63, 3.8) is 0 Å². The average Bonchev–Trinajstić information content (AvgIpc) is 2.27. The van der Waals surface area contributed by atoms with Crippen molar-refractivity contribution < 1.29 is 14.0 Å². The van der Waals surface area contributed by atoms with E-state index in [1.807, 2.05) is 6.92 Å². The predicted octanol–water partition coefficient (Wildman–Crippen LogP) is 4.44. The molecule has 0 spiro atoms. The molecule has 1 fully saturated rings. The lowest BCUT2D eigenvalue weighted by Gasteiger charge is -2.40. The van der Waals surface area contributed by atoms with Gasteiger partial charge in [-0.3, -0.25) is 0 Å². The number of esters is 1. The zero-order chi connectivity index (χ0) is 15.4. The molecule has 0 aromatic heterocycles. The minimum atomic E-state index is -1.72. The Labute approximate surface area is 124 Å². The van der Waals surface area contributed by atoms with E-state index in [1.165, 1.54) is 5.57 Å². The van der Waals surface area contributed by atoms with Gasteiger partial charge in [0.25, 0.3) is 0 Å². The molecule has 1 saturated carbocycles. The van der Waals surface area contributed by atoms with E-state index in [0.29, 0.717) is 6.61 Å². The Bertz CT molecular complexity index is 366. The van der Waals surface area contributed by atoms with Crippen LogP contribution in [0.25, 0.3) is 0 Å². The average molecular weight is 298 g/mol. The Balaban J connectivity index is 2.64. The molecular formula is C16H30O3Si. The van der Waals surface area contributed by atoms with E-state index in [-0.39, 0.29) is 17.1 Å². The van der Waals surface area contributed by atoms with Crippen molar-refractivity contribution >= 4 is 14.3 Å². The summed E-state index contributed by atoms with van der Waals surface area (Å²) >= 11 is 0.